The van der Waals surface area contributed by atoms with E-state index in [0.717, 1.165) is 11.3 Å². The SMILES string of the molecule is CN(CC(O)c1ccc(N)cc1)C1CCCC1. The largest absolute Gasteiger partial charge is 0.399 e. The van der Waals surface area contributed by atoms with Crippen LogP contribution in [-0.2, 0) is 0 Å². The predicted octanol–water partition coefficient (Wildman–Crippen LogP) is 2.18. The molecule has 2 rings (SSSR count). The third-order valence-corrected chi connectivity index (χ3v) is 3.73. The number of rotatable bonds is 4. The summed E-state index contributed by atoms with van der Waals surface area (Å²) < 4.78 is 0. The molecule has 0 heterocycles. The molecule has 3 N–H and O–H groups in total. The lowest BCUT2D eigenvalue weighted by atomic mass is 10.1. The first-order valence-electron chi connectivity index (χ1n) is 6.40. The Labute approximate surface area is 103 Å². The average Bonchev–Trinajstić information content (AvgIpc) is 2.83. The van der Waals surface area contributed by atoms with Crippen LogP contribution in [0.3, 0.4) is 0 Å². The van der Waals surface area contributed by atoms with Crippen LogP contribution in [-0.4, -0.2) is 29.6 Å². The highest BCUT2D eigenvalue weighted by Gasteiger charge is 2.21. The molecule has 0 aromatic heterocycles. The van der Waals surface area contributed by atoms with Crippen LogP contribution in [0.2, 0.25) is 0 Å². The number of nitrogens with two attached hydrogens (primary N) is 1. The van der Waals surface area contributed by atoms with Gasteiger partial charge < -0.3 is 15.7 Å². The molecule has 1 aliphatic carbocycles. The molecule has 0 amide bonds. The summed E-state index contributed by atoms with van der Waals surface area (Å²) in [6, 6.07) is 8.14. The fourth-order valence-corrected chi connectivity index (χ4v) is 2.59. The van der Waals surface area contributed by atoms with Crippen molar-refractivity contribution in [2.45, 2.75) is 37.8 Å². The summed E-state index contributed by atoms with van der Waals surface area (Å²) in [6.07, 6.45) is 4.77. The van der Waals surface area contributed by atoms with E-state index in [-0.39, 0.29) is 0 Å². The fourth-order valence-electron chi connectivity index (χ4n) is 2.59. The lowest BCUT2D eigenvalue weighted by Crippen LogP contribution is -2.33. The van der Waals surface area contributed by atoms with Crippen LogP contribution in [0, 0.1) is 0 Å². The zero-order valence-electron chi connectivity index (χ0n) is 10.5. The van der Waals surface area contributed by atoms with Crippen molar-refractivity contribution in [3.63, 3.8) is 0 Å². The second kappa shape index (κ2) is 5.52. The second-order valence-electron chi connectivity index (χ2n) is 5.06. The summed E-state index contributed by atoms with van der Waals surface area (Å²) in [5.41, 5.74) is 7.32. The third kappa shape index (κ3) is 3.20. The van der Waals surface area contributed by atoms with Gasteiger partial charge in [-0.3, -0.25) is 0 Å². The summed E-state index contributed by atoms with van der Waals surface area (Å²) in [5, 5.41) is 10.2. The van der Waals surface area contributed by atoms with Gasteiger partial charge in [0.2, 0.25) is 0 Å². The highest BCUT2D eigenvalue weighted by atomic mass is 16.3. The molecule has 1 fully saturated rings. The van der Waals surface area contributed by atoms with Gasteiger partial charge in [-0.05, 0) is 37.6 Å². The first-order valence-corrected chi connectivity index (χ1v) is 6.40. The smallest absolute Gasteiger partial charge is 0.0916 e. The normalized spacial score (nSPS) is 18.8. The van der Waals surface area contributed by atoms with Gasteiger partial charge in [-0.2, -0.15) is 0 Å². The van der Waals surface area contributed by atoms with Crippen LogP contribution < -0.4 is 5.73 Å². The van der Waals surface area contributed by atoms with Crippen LogP contribution in [0.4, 0.5) is 5.69 Å². The zero-order valence-corrected chi connectivity index (χ0v) is 10.5. The highest BCUT2D eigenvalue weighted by Crippen LogP contribution is 2.24. The summed E-state index contributed by atoms with van der Waals surface area (Å²) in [5.74, 6) is 0. The molecule has 94 valence electrons. The number of benzene rings is 1. The van der Waals surface area contributed by atoms with Crippen molar-refractivity contribution in [3.05, 3.63) is 29.8 Å². The monoisotopic (exact) mass is 234 g/mol. The van der Waals surface area contributed by atoms with E-state index in [9.17, 15) is 5.11 Å². The second-order valence-corrected chi connectivity index (χ2v) is 5.06. The Bertz CT molecular complexity index is 344. The van der Waals surface area contributed by atoms with Crippen LogP contribution in [0.5, 0.6) is 0 Å². The standard InChI is InChI=1S/C14H22N2O/c1-16(13-4-2-3-5-13)10-14(17)11-6-8-12(15)9-7-11/h6-9,13-14,17H,2-5,10,15H2,1H3. The minimum Gasteiger partial charge on any atom is -0.399 e. The van der Waals surface area contributed by atoms with Crippen molar-refractivity contribution in [1.29, 1.82) is 0 Å². The van der Waals surface area contributed by atoms with Crippen LogP contribution in [0.1, 0.15) is 37.4 Å². The lowest BCUT2D eigenvalue weighted by molar-refractivity contribution is 0.105. The molecule has 3 heteroatoms. The Morgan fingerprint density at radius 3 is 2.47 bits per heavy atom. The molecule has 17 heavy (non-hydrogen) atoms. The van der Waals surface area contributed by atoms with E-state index in [2.05, 4.69) is 11.9 Å². The van der Waals surface area contributed by atoms with Gasteiger partial charge in [0.05, 0.1) is 6.10 Å². The topological polar surface area (TPSA) is 49.5 Å². The van der Waals surface area contributed by atoms with E-state index < -0.39 is 6.10 Å². The van der Waals surface area contributed by atoms with Gasteiger partial charge in [-0.1, -0.05) is 25.0 Å². The molecule has 0 saturated heterocycles. The van der Waals surface area contributed by atoms with E-state index in [1.807, 2.05) is 24.3 Å². The molecule has 0 aliphatic heterocycles. The number of aliphatic hydroxyl groups is 1. The molecule has 1 unspecified atom stereocenters. The first kappa shape index (κ1) is 12.4. The molecule has 1 aliphatic rings. The Kier molecular flexibility index (Phi) is 4.02. The van der Waals surface area contributed by atoms with Gasteiger partial charge in [-0.25, -0.2) is 0 Å². The van der Waals surface area contributed by atoms with E-state index in [1.54, 1.807) is 0 Å². The number of nitrogens with zero attached hydrogens (tertiary/aromatic N) is 1. The van der Waals surface area contributed by atoms with E-state index in [0.29, 0.717) is 12.6 Å². The molecule has 3 nitrogen and oxygen atoms in total. The molecular weight excluding hydrogens is 212 g/mol. The molecule has 1 atom stereocenters. The van der Waals surface area contributed by atoms with Crippen molar-refractivity contribution in [2.24, 2.45) is 0 Å². The first-order chi connectivity index (χ1) is 8.16. The van der Waals surface area contributed by atoms with Crippen molar-refractivity contribution < 1.29 is 5.11 Å². The summed E-state index contributed by atoms with van der Waals surface area (Å²) in [7, 11) is 2.11. The van der Waals surface area contributed by atoms with Crippen molar-refractivity contribution in [3.8, 4) is 0 Å². The van der Waals surface area contributed by atoms with Gasteiger partial charge >= 0.3 is 0 Å². The van der Waals surface area contributed by atoms with Crippen LogP contribution in [0.15, 0.2) is 24.3 Å². The zero-order chi connectivity index (χ0) is 12.3. The molecule has 0 spiro atoms. The Hall–Kier alpha value is -1.06. The van der Waals surface area contributed by atoms with Crippen molar-refractivity contribution in [2.75, 3.05) is 19.3 Å². The Morgan fingerprint density at radius 1 is 1.29 bits per heavy atom. The third-order valence-electron chi connectivity index (χ3n) is 3.73. The Balaban J connectivity index is 1.91. The maximum Gasteiger partial charge on any atom is 0.0916 e. The molecular formula is C14H22N2O. The van der Waals surface area contributed by atoms with E-state index in [4.69, 9.17) is 5.73 Å². The lowest BCUT2D eigenvalue weighted by Gasteiger charge is -2.26. The number of likely N-dealkylation sites (N-methyl/N-ethyl adjacent to an activating group) is 1. The van der Waals surface area contributed by atoms with Crippen LogP contribution in [0.25, 0.3) is 0 Å². The van der Waals surface area contributed by atoms with Gasteiger partial charge in [-0.15, -0.1) is 0 Å². The maximum atomic E-state index is 10.2. The minimum absolute atomic E-state index is 0.416. The molecule has 1 aromatic rings. The molecule has 1 saturated carbocycles. The van der Waals surface area contributed by atoms with Crippen LogP contribution >= 0.6 is 0 Å². The summed E-state index contributed by atoms with van der Waals surface area (Å²) >= 11 is 0. The van der Waals surface area contributed by atoms with Gasteiger partial charge in [0.1, 0.15) is 0 Å². The van der Waals surface area contributed by atoms with E-state index >= 15 is 0 Å². The summed E-state index contributed by atoms with van der Waals surface area (Å²) in [6.45, 7) is 0.703. The Morgan fingerprint density at radius 2 is 1.88 bits per heavy atom. The number of aliphatic hydroxyl groups excluding tert-OH is 1. The highest BCUT2D eigenvalue weighted by molar-refractivity contribution is 5.39. The van der Waals surface area contributed by atoms with Gasteiger partial charge in [0, 0.05) is 18.3 Å². The van der Waals surface area contributed by atoms with Gasteiger partial charge in [0.25, 0.3) is 0 Å². The molecule has 0 bridgehead atoms. The van der Waals surface area contributed by atoms with Crippen molar-refractivity contribution >= 4 is 5.69 Å². The average molecular weight is 234 g/mol. The van der Waals surface area contributed by atoms with E-state index in [1.165, 1.54) is 25.7 Å². The number of hydrogen-bond acceptors (Lipinski definition) is 3. The molecule has 1 aromatic carbocycles. The van der Waals surface area contributed by atoms with Gasteiger partial charge in [0.15, 0.2) is 0 Å². The predicted molar refractivity (Wildman–Crippen MR) is 70.7 cm³/mol. The molecule has 0 radical (unpaired) electrons. The summed E-state index contributed by atoms with van der Waals surface area (Å²) in [4.78, 5) is 2.29. The number of nitrogen functional groups attached to an aromatic ring is 1. The quantitative estimate of drug-likeness (QED) is 0.785. The minimum atomic E-state index is -0.416. The maximum absolute atomic E-state index is 10.2. The fraction of sp³-hybridized carbons (Fsp3) is 0.571. The van der Waals surface area contributed by atoms with Crippen molar-refractivity contribution in [1.82, 2.24) is 4.90 Å². The number of hydrogen-bond donors (Lipinski definition) is 2. The number of anilines is 1.